The van der Waals surface area contributed by atoms with E-state index in [1.807, 2.05) is 18.5 Å². The molecule has 1 saturated carbocycles. The van der Waals surface area contributed by atoms with Gasteiger partial charge in [0.15, 0.2) is 0 Å². The third-order valence-electron chi connectivity index (χ3n) is 8.17. The van der Waals surface area contributed by atoms with Crippen LogP contribution in [0, 0.1) is 0 Å². The van der Waals surface area contributed by atoms with E-state index < -0.39 is 5.54 Å². The van der Waals surface area contributed by atoms with Crippen LogP contribution < -0.4 is 20.4 Å². The molecule has 9 heteroatoms. The minimum atomic E-state index is -0.492. The smallest absolute Gasteiger partial charge is 0.246 e. The van der Waals surface area contributed by atoms with Gasteiger partial charge in [-0.15, -0.1) is 0 Å². The van der Waals surface area contributed by atoms with E-state index in [1.54, 1.807) is 0 Å². The molecule has 2 aromatic rings. The molecule has 2 atom stereocenters. The number of fused-ring (bicyclic) bond motifs is 1. The molecule has 180 valence electrons. The van der Waals surface area contributed by atoms with Gasteiger partial charge in [-0.05, 0) is 51.9 Å². The molecule has 2 aromatic heterocycles. The van der Waals surface area contributed by atoms with Crippen molar-refractivity contribution in [2.45, 2.75) is 62.6 Å². The van der Waals surface area contributed by atoms with Crippen molar-refractivity contribution < 1.29 is 4.79 Å². The molecule has 6 rings (SSSR count). The Morgan fingerprint density at radius 1 is 1.15 bits per heavy atom. The third kappa shape index (κ3) is 3.57. The van der Waals surface area contributed by atoms with Crippen LogP contribution in [0.2, 0.25) is 0 Å². The Balaban J connectivity index is 1.22. The van der Waals surface area contributed by atoms with Crippen molar-refractivity contribution in [1.82, 2.24) is 25.2 Å². The van der Waals surface area contributed by atoms with Gasteiger partial charge in [0.2, 0.25) is 11.9 Å². The van der Waals surface area contributed by atoms with Crippen molar-refractivity contribution in [2.24, 2.45) is 0 Å². The molecule has 2 N–H and O–H groups in total. The van der Waals surface area contributed by atoms with E-state index in [0.29, 0.717) is 24.5 Å². The summed E-state index contributed by atoms with van der Waals surface area (Å²) in [4.78, 5) is 34.2. The normalized spacial score (nSPS) is 26.7. The molecule has 0 aromatic carbocycles. The number of nitrogens with one attached hydrogen (secondary N) is 2. The van der Waals surface area contributed by atoms with Crippen molar-refractivity contribution in [3.63, 3.8) is 0 Å². The number of hydrogen-bond acceptors (Lipinski definition) is 8. The second kappa shape index (κ2) is 8.37. The molecule has 1 amide bonds. The summed E-state index contributed by atoms with van der Waals surface area (Å²) >= 11 is 0. The second-order valence-corrected chi connectivity index (χ2v) is 10.4. The van der Waals surface area contributed by atoms with E-state index in [0.717, 1.165) is 68.2 Å². The Labute approximate surface area is 201 Å². The molecule has 9 nitrogen and oxygen atoms in total. The third-order valence-corrected chi connectivity index (χ3v) is 8.17. The van der Waals surface area contributed by atoms with E-state index >= 15 is 0 Å². The fourth-order valence-corrected chi connectivity index (χ4v) is 6.29. The maximum absolute atomic E-state index is 13.0. The van der Waals surface area contributed by atoms with Crippen LogP contribution in [0.1, 0.15) is 44.1 Å². The quantitative estimate of drug-likeness (QED) is 0.700. The number of likely N-dealkylation sites (N-methyl/N-ethyl adjacent to an activating group) is 1. The van der Waals surface area contributed by atoms with Crippen LogP contribution in [0.3, 0.4) is 0 Å². The van der Waals surface area contributed by atoms with E-state index in [4.69, 9.17) is 9.97 Å². The number of pyridine rings is 1. The van der Waals surface area contributed by atoms with Gasteiger partial charge in [0.05, 0.1) is 11.9 Å². The van der Waals surface area contributed by atoms with Crippen LogP contribution >= 0.6 is 0 Å². The molecule has 2 saturated heterocycles. The van der Waals surface area contributed by atoms with E-state index in [-0.39, 0.29) is 5.91 Å². The fourth-order valence-electron chi connectivity index (χ4n) is 6.29. The van der Waals surface area contributed by atoms with Gasteiger partial charge in [0.25, 0.3) is 0 Å². The van der Waals surface area contributed by atoms with Crippen molar-refractivity contribution in [3.8, 4) is 0 Å². The Morgan fingerprint density at radius 3 is 2.68 bits per heavy atom. The largest absolute Gasteiger partial charge is 0.355 e. The minimum absolute atomic E-state index is 0.144. The van der Waals surface area contributed by atoms with Crippen LogP contribution in [-0.4, -0.2) is 77.1 Å². The predicted octanol–water partition coefficient (Wildman–Crippen LogP) is 2.32. The molecule has 1 unspecified atom stereocenters. The molecule has 1 aliphatic carbocycles. The number of aromatic nitrogens is 3. The second-order valence-electron chi connectivity index (χ2n) is 10.4. The standard InChI is InChI=1S/C25H34N8O/c1-31(2)20-9-12-32(16-20)21-8-7-18(15-27-21)29-24-28-14-17-13-25(10-11-26-23(25)34)33(22(17)30-24)19-5-3-4-6-19/h7-8,14-15,19-20H,3-6,9-13,16H2,1-2H3,(H,26,34)(H,28,29,30)/t20-,25?/m0/s1. The van der Waals surface area contributed by atoms with Gasteiger partial charge in [-0.2, -0.15) is 4.98 Å². The zero-order valence-corrected chi connectivity index (χ0v) is 20.1. The maximum Gasteiger partial charge on any atom is 0.246 e. The summed E-state index contributed by atoms with van der Waals surface area (Å²) in [5.74, 6) is 2.63. The summed E-state index contributed by atoms with van der Waals surface area (Å²) in [7, 11) is 4.28. The van der Waals surface area contributed by atoms with Gasteiger partial charge in [-0.25, -0.2) is 9.97 Å². The van der Waals surface area contributed by atoms with Crippen molar-refractivity contribution in [2.75, 3.05) is 48.8 Å². The monoisotopic (exact) mass is 462 g/mol. The molecule has 1 spiro atoms. The van der Waals surface area contributed by atoms with Crippen LogP contribution in [0.5, 0.6) is 0 Å². The molecule has 34 heavy (non-hydrogen) atoms. The number of hydrogen-bond donors (Lipinski definition) is 2. The van der Waals surface area contributed by atoms with Gasteiger partial charge < -0.3 is 25.3 Å². The molecule has 0 radical (unpaired) electrons. The minimum Gasteiger partial charge on any atom is -0.355 e. The number of nitrogens with zero attached hydrogens (tertiary/aromatic N) is 6. The van der Waals surface area contributed by atoms with Gasteiger partial charge in [-0.3, -0.25) is 4.79 Å². The van der Waals surface area contributed by atoms with Crippen molar-refractivity contribution in [1.29, 1.82) is 0 Å². The van der Waals surface area contributed by atoms with E-state index in [2.05, 4.69) is 50.5 Å². The zero-order chi connectivity index (χ0) is 23.3. The van der Waals surface area contributed by atoms with Crippen LogP contribution in [-0.2, 0) is 11.2 Å². The Kier molecular flexibility index (Phi) is 5.32. The van der Waals surface area contributed by atoms with Crippen molar-refractivity contribution in [3.05, 3.63) is 30.1 Å². The number of carbonyl (C=O) groups is 1. The highest BCUT2D eigenvalue weighted by molar-refractivity contribution is 5.94. The number of anilines is 4. The highest BCUT2D eigenvalue weighted by Gasteiger charge is 2.55. The Hall–Kier alpha value is -2.94. The number of amides is 1. The molecule has 3 fully saturated rings. The summed E-state index contributed by atoms with van der Waals surface area (Å²) in [6.45, 7) is 2.77. The highest BCUT2D eigenvalue weighted by atomic mass is 16.2. The Bertz CT molecular complexity index is 1070. The van der Waals surface area contributed by atoms with Gasteiger partial charge in [0.1, 0.15) is 17.2 Å². The summed E-state index contributed by atoms with van der Waals surface area (Å²) < 4.78 is 0. The Morgan fingerprint density at radius 2 is 2.00 bits per heavy atom. The fraction of sp³-hybridized carbons (Fsp3) is 0.600. The molecule has 0 bridgehead atoms. The lowest BCUT2D eigenvalue weighted by molar-refractivity contribution is -0.123. The average molecular weight is 463 g/mol. The first-order valence-corrected chi connectivity index (χ1v) is 12.6. The summed E-state index contributed by atoms with van der Waals surface area (Å²) in [5.41, 5.74) is 1.45. The summed E-state index contributed by atoms with van der Waals surface area (Å²) in [6, 6.07) is 5.06. The lowest BCUT2D eigenvalue weighted by atomic mass is 9.91. The average Bonchev–Trinajstić information content (AvgIpc) is 3.62. The first kappa shape index (κ1) is 21.6. The molecule has 3 aliphatic heterocycles. The highest BCUT2D eigenvalue weighted by Crippen LogP contribution is 2.46. The molecule has 4 aliphatic rings. The summed E-state index contributed by atoms with van der Waals surface area (Å²) in [6.07, 6.45) is 11.1. The number of carbonyl (C=O) groups excluding carboxylic acids is 1. The summed E-state index contributed by atoms with van der Waals surface area (Å²) in [5, 5.41) is 6.41. The lowest BCUT2D eigenvalue weighted by Gasteiger charge is -2.38. The van der Waals surface area contributed by atoms with Gasteiger partial charge in [-0.1, -0.05) is 12.8 Å². The SMILES string of the molecule is CN(C)[C@H]1CCN(c2ccc(Nc3ncc4c(n3)N(C3CCCC3)C3(CCNC3=O)C4)cn2)C1. The number of rotatable bonds is 5. The first-order chi connectivity index (χ1) is 16.5. The zero-order valence-electron chi connectivity index (χ0n) is 20.1. The van der Waals surface area contributed by atoms with Gasteiger partial charge in [0, 0.05) is 49.9 Å². The molecular weight excluding hydrogens is 428 g/mol. The van der Waals surface area contributed by atoms with Crippen LogP contribution in [0.15, 0.2) is 24.5 Å². The van der Waals surface area contributed by atoms with E-state index in [9.17, 15) is 4.79 Å². The van der Waals surface area contributed by atoms with Crippen LogP contribution in [0.4, 0.5) is 23.3 Å². The molecule has 5 heterocycles. The van der Waals surface area contributed by atoms with Crippen LogP contribution in [0.25, 0.3) is 0 Å². The topological polar surface area (TPSA) is 89.5 Å². The first-order valence-electron chi connectivity index (χ1n) is 12.6. The van der Waals surface area contributed by atoms with Gasteiger partial charge >= 0.3 is 0 Å². The maximum atomic E-state index is 13.0. The van der Waals surface area contributed by atoms with Crippen molar-refractivity contribution >= 4 is 29.2 Å². The van der Waals surface area contributed by atoms with E-state index in [1.165, 1.54) is 12.8 Å². The lowest BCUT2D eigenvalue weighted by Crippen LogP contribution is -2.56. The predicted molar refractivity (Wildman–Crippen MR) is 133 cm³/mol. The molecular formula is C25H34N8O.